The number of primary sulfonamides is 1. The standard InChI is InChI=1S/C12H9FN2O4S2/c13-9-3-1-2-4-11(9)20-12-6-5-8(21(14,18)19)7-10(12)15(16)17/h1-7H,(H2,14,18,19). The number of halogens is 1. The van der Waals surface area contributed by atoms with Crippen molar-refractivity contribution in [2.45, 2.75) is 14.7 Å². The molecular weight excluding hydrogens is 319 g/mol. The third kappa shape index (κ3) is 3.57. The zero-order valence-corrected chi connectivity index (χ0v) is 12.0. The van der Waals surface area contributed by atoms with Gasteiger partial charge in [0.2, 0.25) is 10.0 Å². The van der Waals surface area contributed by atoms with Gasteiger partial charge in [0.15, 0.2) is 0 Å². The molecule has 0 amide bonds. The number of benzene rings is 2. The average Bonchev–Trinajstić information content (AvgIpc) is 2.40. The van der Waals surface area contributed by atoms with Crippen molar-refractivity contribution in [1.82, 2.24) is 0 Å². The van der Waals surface area contributed by atoms with Gasteiger partial charge in [-0.2, -0.15) is 0 Å². The average molecular weight is 328 g/mol. The summed E-state index contributed by atoms with van der Waals surface area (Å²) in [5.41, 5.74) is -0.449. The number of nitro benzene ring substituents is 1. The molecule has 9 heteroatoms. The summed E-state index contributed by atoms with van der Waals surface area (Å²) in [5.74, 6) is -0.521. The van der Waals surface area contributed by atoms with Crippen LogP contribution < -0.4 is 5.14 Å². The quantitative estimate of drug-likeness (QED) is 0.686. The van der Waals surface area contributed by atoms with Gasteiger partial charge >= 0.3 is 0 Å². The first kappa shape index (κ1) is 15.4. The monoisotopic (exact) mass is 328 g/mol. The molecule has 2 aromatic carbocycles. The maximum absolute atomic E-state index is 13.6. The number of hydrogen-bond donors (Lipinski definition) is 1. The van der Waals surface area contributed by atoms with Crippen LogP contribution in [0.5, 0.6) is 0 Å². The van der Waals surface area contributed by atoms with Crippen LogP contribution in [-0.4, -0.2) is 13.3 Å². The van der Waals surface area contributed by atoms with E-state index >= 15 is 0 Å². The molecule has 0 radical (unpaired) electrons. The minimum absolute atomic E-state index is 0.123. The Bertz CT molecular complexity index is 809. The molecule has 0 bridgehead atoms. The minimum Gasteiger partial charge on any atom is -0.258 e. The molecule has 0 spiro atoms. The first-order valence-corrected chi connectivity index (χ1v) is 7.89. The number of hydrogen-bond acceptors (Lipinski definition) is 5. The van der Waals surface area contributed by atoms with Gasteiger partial charge in [-0.15, -0.1) is 0 Å². The lowest BCUT2D eigenvalue weighted by molar-refractivity contribution is -0.388. The number of nitrogens with two attached hydrogens (primary N) is 1. The van der Waals surface area contributed by atoms with E-state index in [1.54, 1.807) is 6.07 Å². The van der Waals surface area contributed by atoms with Gasteiger partial charge in [-0.25, -0.2) is 17.9 Å². The summed E-state index contributed by atoms with van der Waals surface area (Å²) in [7, 11) is -4.04. The molecule has 0 saturated heterocycles. The SMILES string of the molecule is NS(=O)(=O)c1ccc(Sc2ccccc2F)c([N+](=O)[O-])c1. The highest BCUT2D eigenvalue weighted by atomic mass is 32.2. The second-order valence-electron chi connectivity index (χ2n) is 3.96. The Morgan fingerprint density at radius 1 is 1.14 bits per heavy atom. The lowest BCUT2D eigenvalue weighted by Crippen LogP contribution is -2.12. The molecule has 0 aliphatic rings. The third-order valence-electron chi connectivity index (χ3n) is 2.51. The summed E-state index contributed by atoms with van der Waals surface area (Å²) in [6.45, 7) is 0. The summed E-state index contributed by atoms with van der Waals surface area (Å²) in [5, 5.41) is 16.0. The molecule has 0 saturated carbocycles. The Morgan fingerprint density at radius 2 is 1.81 bits per heavy atom. The number of sulfonamides is 1. The highest BCUT2D eigenvalue weighted by Crippen LogP contribution is 2.36. The molecule has 110 valence electrons. The van der Waals surface area contributed by atoms with Crippen molar-refractivity contribution in [3.63, 3.8) is 0 Å². The molecule has 0 atom stereocenters. The van der Waals surface area contributed by atoms with Crippen LogP contribution in [0.25, 0.3) is 0 Å². The molecule has 0 aliphatic carbocycles. The molecule has 2 aromatic rings. The molecule has 21 heavy (non-hydrogen) atoms. The van der Waals surface area contributed by atoms with Crippen LogP contribution in [0.4, 0.5) is 10.1 Å². The maximum Gasteiger partial charge on any atom is 0.284 e. The molecule has 6 nitrogen and oxygen atoms in total. The topological polar surface area (TPSA) is 103 Å². The molecule has 2 rings (SSSR count). The highest BCUT2D eigenvalue weighted by Gasteiger charge is 2.20. The van der Waals surface area contributed by atoms with Gasteiger partial charge in [0.1, 0.15) is 5.82 Å². The summed E-state index contributed by atoms with van der Waals surface area (Å²) < 4.78 is 36.0. The van der Waals surface area contributed by atoms with Gasteiger partial charge in [0, 0.05) is 11.0 Å². The van der Waals surface area contributed by atoms with Crippen LogP contribution in [0.15, 0.2) is 57.2 Å². The largest absolute Gasteiger partial charge is 0.284 e. The second kappa shape index (κ2) is 5.80. The van der Waals surface area contributed by atoms with E-state index in [0.717, 1.165) is 23.9 Å². The fraction of sp³-hybridized carbons (Fsp3) is 0. The Kier molecular flexibility index (Phi) is 4.26. The number of nitro groups is 1. The van der Waals surface area contributed by atoms with Crippen molar-refractivity contribution in [3.05, 3.63) is 58.4 Å². The van der Waals surface area contributed by atoms with E-state index in [1.165, 1.54) is 24.3 Å². The number of rotatable bonds is 4. The molecule has 0 fully saturated rings. The first-order chi connectivity index (χ1) is 9.79. The Morgan fingerprint density at radius 3 is 2.38 bits per heavy atom. The van der Waals surface area contributed by atoms with E-state index in [0.29, 0.717) is 0 Å². The van der Waals surface area contributed by atoms with E-state index in [4.69, 9.17) is 5.14 Å². The van der Waals surface area contributed by atoms with Crippen molar-refractivity contribution >= 4 is 27.5 Å². The number of nitrogens with zero attached hydrogens (tertiary/aromatic N) is 1. The molecule has 0 heterocycles. The van der Waals surface area contributed by atoms with Crippen molar-refractivity contribution in [1.29, 1.82) is 0 Å². The predicted molar refractivity (Wildman–Crippen MR) is 75.0 cm³/mol. The Hall–Kier alpha value is -1.97. The highest BCUT2D eigenvalue weighted by molar-refractivity contribution is 7.99. The van der Waals surface area contributed by atoms with E-state index < -0.39 is 26.5 Å². The molecule has 0 aliphatic heterocycles. The minimum atomic E-state index is -4.04. The summed E-state index contributed by atoms with van der Waals surface area (Å²) in [4.78, 5) is 10.3. The van der Waals surface area contributed by atoms with E-state index in [1.807, 2.05) is 0 Å². The second-order valence-corrected chi connectivity index (χ2v) is 6.61. The van der Waals surface area contributed by atoms with Crippen molar-refractivity contribution in [2.24, 2.45) is 5.14 Å². The molecule has 0 unspecified atom stereocenters. The smallest absolute Gasteiger partial charge is 0.258 e. The zero-order valence-electron chi connectivity index (χ0n) is 10.4. The van der Waals surface area contributed by atoms with E-state index in [2.05, 4.69) is 0 Å². The van der Waals surface area contributed by atoms with Gasteiger partial charge in [0.25, 0.3) is 5.69 Å². The lowest BCUT2D eigenvalue weighted by atomic mass is 10.3. The van der Waals surface area contributed by atoms with Crippen LogP contribution >= 0.6 is 11.8 Å². The van der Waals surface area contributed by atoms with Gasteiger partial charge < -0.3 is 0 Å². The van der Waals surface area contributed by atoms with Gasteiger partial charge in [-0.1, -0.05) is 23.9 Å². The Labute approximate surface area is 124 Å². The summed E-state index contributed by atoms with van der Waals surface area (Å²) in [6.07, 6.45) is 0. The van der Waals surface area contributed by atoms with Crippen molar-refractivity contribution < 1.29 is 17.7 Å². The summed E-state index contributed by atoms with van der Waals surface area (Å²) in [6, 6.07) is 9.02. The molecule has 0 aromatic heterocycles. The zero-order chi connectivity index (χ0) is 15.6. The molecular formula is C12H9FN2O4S2. The van der Waals surface area contributed by atoms with E-state index in [9.17, 15) is 22.9 Å². The van der Waals surface area contributed by atoms with Crippen LogP contribution in [0.2, 0.25) is 0 Å². The van der Waals surface area contributed by atoms with Gasteiger partial charge in [-0.05, 0) is 24.3 Å². The van der Waals surface area contributed by atoms with Crippen LogP contribution in [0, 0.1) is 15.9 Å². The first-order valence-electron chi connectivity index (χ1n) is 5.52. The molecule has 2 N–H and O–H groups in total. The van der Waals surface area contributed by atoms with Crippen molar-refractivity contribution in [2.75, 3.05) is 0 Å². The van der Waals surface area contributed by atoms with Crippen LogP contribution in [0.3, 0.4) is 0 Å². The fourth-order valence-corrected chi connectivity index (χ4v) is 3.01. The normalized spacial score (nSPS) is 11.3. The van der Waals surface area contributed by atoms with Crippen molar-refractivity contribution in [3.8, 4) is 0 Å². The Balaban J connectivity index is 2.50. The maximum atomic E-state index is 13.6. The summed E-state index contributed by atoms with van der Waals surface area (Å²) >= 11 is 0.836. The fourth-order valence-electron chi connectivity index (χ4n) is 1.55. The third-order valence-corrected chi connectivity index (χ3v) is 4.54. The van der Waals surface area contributed by atoms with Crippen LogP contribution in [-0.2, 0) is 10.0 Å². The van der Waals surface area contributed by atoms with Crippen LogP contribution in [0.1, 0.15) is 0 Å². The van der Waals surface area contributed by atoms with Gasteiger partial charge in [-0.3, -0.25) is 10.1 Å². The predicted octanol–water partition coefficient (Wildman–Crippen LogP) is 2.53. The van der Waals surface area contributed by atoms with E-state index in [-0.39, 0.29) is 14.7 Å². The van der Waals surface area contributed by atoms with Gasteiger partial charge in [0.05, 0.1) is 14.7 Å². The lowest BCUT2D eigenvalue weighted by Gasteiger charge is -2.05.